The molecule has 0 bridgehead atoms. The number of halogens is 1. The van der Waals surface area contributed by atoms with E-state index in [4.69, 9.17) is 25.8 Å². The molecule has 2 aliphatic heterocycles. The molecule has 0 spiro atoms. The summed E-state index contributed by atoms with van der Waals surface area (Å²) in [6.07, 6.45) is 5.09. The number of carbonyl (C=O) groups excluding carboxylic acids is 1. The van der Waals surface area contributed by atoms with Crippen LogP contribution >= 0.6 is 11.6 Å². The molecule has 36 heavy (non-hydrogen) atoms. The molecule has 2 aliphatic rings. The Bertz CT molecular complexity index is 821. The number of amides is 2. The highest BCUT2D eigenvalue weighted by Crippen LogP contribution is 2.34. The molecular weight excluding hydrogens is 480 g/mol. The first-order valence-electron chi connectivity index (χ1n) is 13.1. The zero-order valence-electron chi connectivity index (χ0n) is 21.8. The Hall–Kier alpha value is -2.00. The Labute approximate surface area is 221 Å². The van der Waals surface area contributed by atoms with Gasteiger partial charge in [0.25, 0.3) is 0 Å². The minimum absolute atomic E-state index is 0.0113. The molecule has 2 heterocycles. The van der Waals surface area contributed by atoms with Crippen LogP contribution in [0.4, 0.5) is 4.79 Å². The van der Waals surface area contributed by atoms with E-state index in [2.05, 4.69) is 22.5 Å². The number of ether oxygens (including phenoxy) is 3. The van der Waals surface area contributed by atoms with E-state index < -0.39 is 0 Å². The van der Waals surface area contributed by atoms with Gasteiger partial charge in [-0.1, -0.05) is 23.7 Å². The molecule has 2 fully saturated rings. The fraction of sp³-hybridized carbons (Fsp3) is 0.667. The van der Waals surface area contributed by atoms with Gasteiger partial charge in [0.1, 0.15) is 0 Å². The van der Waals surface area contributed by atoms with E-state index in [-0.39, 0.29) is 24.1 Å². The van der Waals surface area contributed by atoms with Crippen LogP contribution in [0.2, 0.25) is 5.02 Å². The van der Waals surface area contributed by atoms with Crippen molar-refractivity contribution in [2.75, 3.05) is 60.2 Å². The van der Waals surface area contributed by atoms with Gasteiger partial charge in [0.15, 0.2) is 5.88 Å². The second-order valence-electron chi connectivity index (χ2n) is 9.74. The number of piperidine rings is 1. The van der Waals surface area contributed by atoms with Crippen LogP contribution in [0.5, 0.6) is 0 Å². The molecule has 1 aromatic rings. The predicted molar refractivity (Wildman–Crippen MR) is 143 cm³/mol. The van der Waals surface area contributed by atoms with Crippen molar-refractivity contribution in [3.8, 4) is 0 Å². The van der Waals surface area contributed by atoms with Crippen LogP contribution in [0.3, 0.4) is 0 Å². The molecule has 202 valence electrons. The number of urea groups is 1. The minimum atomic E-state index is -0.159. The summed E-state index contributed by atoms with van der Waals surface area (Å²) in [4.78, 5) is 15.0. The van der Waals surface area contributed by atoms with Gasteiger partial charge in [-0.2, -0.15) is 0 Å². The maximum absolute atomic E-state index is 13.1. The fourth-order valence-electron chi connectivity index (χ4n) is 5.10. The van der Waals surface area contributed by atoms with Gasteiger partial charge in [-0.15, -0.1) is 0 Å². The molecule has 1 aromatic carbocycles. The van der Waals surface area contributed by atoms with Gasteiger partial charge in [-0.05, 0) is 69.3 Å². The SMILES string of the molecule is C=C(NCCOC(c1cccc(Cl)c1)C1CCCN(C(=O)NCC(CC2CCCOC2)NC)C1)OC. The van der Waals surface area contributed by atoms with E-state index in [0.717, 1.165) is 51.0 Å². The topological polar surface area (TPSA) is 84.1 Å². The summed E-state index contributed by atoms with van der Waals surface area (Å²) >= 11 is 6.30. The summed E-state index contributed by atoms with van der Waals surface area (Å²) in [7, 11) is 3.54. The van der Waals surface area contributed by atoms with Crippen LogP contribution in [0.25, 0.3) is 0 Å². The summed E-state index contributed by atoms with van der Waals surface area (Å²) < 4.78 is 17.0. The minimum Gasteiger partial charge on any atom is -0.483 e. The van der Waals surface area contributed by atoms with Crippen molar-refractivity contribution < 1.29 is 19.0 Å². The lowest BCUT2D eigenvalue weighted by Crippen LogP contribution is -2.50. The number of hydrogen-bond acceptors (Lipinski definition) is 6. The number of likely N-dealkylation sites (tertiary alicyclic amines) is 1. The van der Waals surface area contributed by atoms with E-state index in [1.807, 2.05) is 36.2 Å². The van der Waals surface area contributed by atoms with Crippen LogP contribution < -0.4 is 16.0 Å². The number of nitrogens with zero attached hydrogens (tertiary/aromatic N) is 1. The molecule has 2 amide bonds. The highest BCUT2D eigenvalue weighted by atomic mass is 35.5. The number of methoxy groups -OCH3 is 1. The first-order chi connectivity index (χ1) is 17.5. The number of carbonyl (C=O) groups is 1. The second kappa shape index (κ2) is 15.3. The number of nitrogens with one attached hydrogen (secondary N) is 3. The Kier molecular flexibility index (Phi) is 12.1. The van der Waals surface area contributed by atoms with Crippen molar-refractivity contribution in [3.05, 3.63) is 47.3 Å². The highest BCUT2D eigenvalue weighted by molar-refractivity contribution is 6.30. The lowest BCUT2D eigenvalue weighted by molar-refractivity contribution is -0.00893. The quantitative estimate of drug-likeness (QED) is 0.269. The monoisotopic (exact) mass is 522 g/mol. The summed E-state index contributed by atoms with van der Waals surface area (Å²) in [5.74, 6) is 1.24. The molecule has 2 saturated heterocycles. The Balaban J connectivity index is 1.56. The summed E-state index contributed by atoms with van der Waals surface area (Å²) in [6.45, 7) is 8.53. The largest absolute Gasteiger partial charge is 0.483 e. The third kappa shape index (κ3) is 9.14. The summed E-state index contributed by atoms with van der Waals surface area (Å²) in [5, 5.41) is 10.3. The summed E-state index contributed by atoms with van der Waals surface area (Å²) in [5.41, 5.74) is 1.03. The molecule has 8 nitrogen and oxygen atoms in total. The first kappa shape index (κ1) is 28.6. The zero-order chi connectivity index (χ0) is 25.8. The lowest BCUT2D eigenvalue weighted by Gasteiger charge is -2.37. The van der Waals surface area contributed by atoms with Gasteiger partial charge in [-0.25, -0.2) is 4.79 Å². The third-order valence-corrected chi connectivity index (χ3v) is 7.33. The van der Waals surface area contributed by atoms with Crippen molar-refractivity contribution in [2.45, 2.75) is 44.2 Å². The molecule has 4 atom stereocenters. The smallest absolute Gasteiger partial charge is 0.317 e. The van der Waals surface area contributed by atoms with Crippen LogP contribution in [0.1, 0.15) is 43.8 Å². The van der Waals surface area contributed by atoms with E-state index in [1.165, 1.54) is 6.42 Å². The third-order valence-electron chi connectivity index (χ3n) is 7.10. The maximum atomic E-state index is 13.1. The van der Waals surface area contributed by atoms with Crippen molar-refractivity contribution in [2.24, 2.45) is 11.8 Å². The molecule has 3 rings (SSSR count). The Morgan fingerprint density at radius 2 is 2.17 bits per heavy atom. The van der Waals surface area contributed by atoms with Gasteiger partial charge in [0, 0.05) is 56.4 Å². The molecule has 3 N–H and O–H groups in total. The normalized spacial score (nSPS) is 21.9. The van der Waals surface area contributed by atoms with E-state index >= 15 is 0 Å². The van der Waals surface area contributed by atoms with Gasteiger partial charge in [-0.3, -0.25) is 0 Å². The highest BCUT2D eigenvalue weighted by Gasteiger charge is 2.31. The molecule has 0 aromatic heterocycles. The Morgan fingerprint density at radius 3 is 2.89 bits per heavy atom. The molecule has 4 unspecified atom stereocenters. The molecule has 0 aliphatic carbocycles. The molecule has 0 saturated carbocycles. The standard InChI is InChI=1S/C27H43ClN4O4/c1-20(34-3)30-11-14-36-26(22-8-4-10-24(28)16-22)23-9-5-12-32(18-23)27(33)31-17-25(29-2)15-21-7-6-13-35-19-21/h4,8,10,16,21,23,25-26,29-30H,1,5-7,9,11-15,17-19H2,2-3H3,(H,31,33). The van der Waals surface area contributed by atoms with E-state index in [9.17, 15) is 4.79 Å². The average molecular weight is 523 g/mol. The van der Waals surface area contributed by atoms with Crippen molar-refractivity contribution in [1.29, 1.82) is 0 Å². The van der Waals surface area contributed by atoms with Gasteiger partial charge >= 0.3 is 6.03 Å². The van der Waals surface area contributed by atoms with E-state index in [0.29, 0.717) is 43.1 Å². The van der Waals surface area contributed by atoms with Crippen molar-refractivity contribution in [3.63, 3.8) is 0 Å². The van der Waals surface area contributed by atoms with Crippen LogP contribution in [-0.4, -0.2) is 77.1 Å². The van der Waals surface area contributed by atoms with Gasteiger partial charge < -0.3 is 35.1 Å². The number of rotatable bonds is 13. The number of likely N-dealkylation sites (N-methyl/N-ethyl adjacent to an activating group) is 1. The second-order valence-corrected chi connectivity index (χ2v) is 10.2. The van der Waals surface area contributed by atoms with Crippen LogP contribution in [-0.2, 0) is 14.2 Å². The fourth-order valence-corrected chi connectivity index (χ4v) is 5.30. The molecular formula is C27H43ClN4O4. The number of hydrogen-bond donors (Lipinski definition) is 3. The van der Waals surface area contributed by atoms with Crippen LogP contribution in [0, 0.1) is 11.8 Å². The first-order valence-corrected chi connectivity index (χ1v) is 13.5. The summed E-state index contributed by atoms with van der Waals surface area (Å²) in [6, 6.07) is 8.04. The van der Waals surface area contributed by atoms with Gasteiger partial charge in [0.05, 0.1) is 19.8 Å². The molecule has 0 radical (unpaired) electrons. The van der Waals surface area contributed by atoms with Crippen LogP contribution in [0.15, 0.2) is 36.7 Å². The predicted octanol–water partition coefficient (Wildman–Crippen LogP) is 3.93. The van der Waals surface area contributed by atoms with Gasteiger partial charge in [0.2, 0.25) is 0 Å². The molecule has 9 heteroatoms. The lowest BCUT2D eigenvalue weighted by atomic mass is 9.88. The average Bonchev–Trinajstić information content (AvgIpc) is 2.91. The van der Waals surface area contributed by atoms with Crippen molar-refractivity contribution >= 4 is 17.6 Å². The van der Waals surface area contributed by atoms with Crippen molar-refractivity contribution in [1.82, 2.24) is 20.9 Å². The number of benzene rings is 1. The Morgan fingerprint density at radius 1 is 1.31 bits per heavy atom. The zero-order valence-corrected chi connectivity index (χ0v) is 22.5. The maximum Gasteiger partial charge on any atom is 0.317 e. The van der Waals surface area contributed by atoms with E-state index in [1.54, 1.807) is 7.11 Å².